The van der Waals surface area contributed by atoms with Gasteiger partial charge in [-0.2, -0.15) is 4.31 Å². The molecule has 2 saturated heterocycles. The van der Waals surface area contributed by atoms with Crippen molar-refractivity contribution in [2.45, 2.75) is 4.90 Å². The zero-order chi connectivity index (χ0) is 22.0. The summed E-state index contributed by atoms with van der Waals surface area (Å²) in [7, 11) is -1.84. The Labute approximate surface area is 181 Å². The Morgan fingerprint density at radius 3 is 2.16 bits per heavy atom. The number of rotatable bonds is 5. The Kier molecular flexibility index (Phi) is 6.03. The minimum atomic E-state index is -3.77. The van der Waals surface area contributed by atoms with Crippen molar-refractivity contribution < 1.29 is 13.3 Å². The number of anilines is 2. The fourth-order valence-corrected chi connectivity index (χ4v) is 5.30. The van der Waals surface area contributed by atoms with E-state index in [1.807, 2.05) is 16.8 Å². The van der Waals surface area contributed by atoms with Crippen LogP contribution >= 0.6 is 0 Å². The minimum absolute atomic E-state index is 0.0381. The Bertz CT molecular complexity index is 1030. The van der Waals surface area contributed by atoms with Gasteiger partial charge in [-0.25, -0.2) is 18.4 Å². The molecular weight excluding hydrogens is 422 g/mol. The average molecular weight is 448 g/mol. The third-order valence-corrected chi connectivity index (χ3v) is 7.59. The molecule has 0 spiro atoms. The van der Waals surface area contributed by atoms with Crippen LogP contribution < -0.4 is 9.80 Å². The quantitative estimate of drug-likeness (QED) is 0.481. The number of hydrogen-bond acceptors (Lipinski definition) is 9. The van der Waals surface area contributed by atoms with Crippen molar-refractivity contribution in [2.75, 3.05) is 69.2 Å². The highest BCUT2D eigenvalue weighted by Crippen LogP contribution is 2.33. The number of sulfonamides is 1. The lowest BCUT2D eigenvalue weighted by Gasteiger charge is -2.35. The van der Waals surface area contributed by atoms with Crippen LogP contribution in [0.2, 0.25) is 0 Å². The van der Waals surface area contributed by atoms with E-state index in [0.717, 1.165) is 0 Å². The van der Waals surface area contributed by atoms with E-state index in [1.165, 1.54) is 16.4 Å². The van der Waals surface area contributed by atoms with Crippen LogP contribution in [0.15, 0.2) is 41.6 Å². The first-order chi connectivity index (χ1) is 14.9. The monoisotopic (exact) mass is 447 g/mol. The fourth-order valence-electron chi connectivity index (χ4n) is 3.86. The van der Waals surface area contributed by atoms with Crippen LogP contribution in [0.25, 0.3) is 0 Å². The molecule has 1 aromatic heterocycles. The van der Waals surface area contributed by atoms with Crippen molar-refractivity contribution in [3.8, 4) is 0 Å². The number of nitrogens with zero attached hydrogens (tertiary/aromatic N) is 7. The molecule has 0 N–H and O–H groups in total. The first kappa shape index (κ1) is 21.4. The summed E-state index contributed by atoms with van der Waals surface area (Å²) < 4.78 is 27.4. The SMILES string of the molecule is CN1CCN(S(=O)(=O)c2ccc(N3CCN(c4ncccn4)CC3)c([N+](=O)[O-])c2)CC1. The van der Waals surface area contributed by atoms with Gasteiger partial charge in [0.1, 0.15) is 5.69 Å². The van der Waals surface area contributed by atoms with Gasteiger partial charge in [0.05, 0.1) is 9.82 Å². The molecular formula is C19H25N7O4S. The molecule has 166 valence electrons. The van der Waals surface area contributed by atoms with E-state index in [2.05, 4.69) is 14.9 Å². The molecule has 0 saturated carbocycles. The highest BCUT2D eigenvalue weighted by Gasteiger charge is 2.31. The second-order valence-corrected chi connectivity index (χ2v) is 9.58. The van der Waals surface area contributed by atoms with E-state index >= 15 is 0 Å². The maximum absolute atomic E-state index is 13.0. The van der Waals surface area contributed by atoms with Crippen molar-refractivity contribution in [2.24, 2.45) is 0 Å². The van der Waals surface area contributed by atoms with Crippen molar-refractivity contribution in [3.63, 3.8) is 0 Å². The molecule has 2 fully saturated rings. The van der Waals surface area contributed by atoms with Crippen molar-refractivity contribution in [1.82, 2.24) is 19.2 Å². The first-order valence-corrected chi connectivity index (χ1v) is 11.5. The minimum Gasteiger partial charge on any atom is -0.362 e. The topological polar surface area (TPSA) is 116 Å². The predicted molar refractivity (Wildman–Crippen MR) is 116 cm³/mol. The molecule has 1 aromatic carbocycles. The van der Waals surface area contributed by atoms with Gasteiger partial charge in [-0.3, -0.25) is 10.1 Å². The molecule has 31 heavy (non-hydrogen) atoms. The van der Waals surface area contributed by atoms with E-state index in [-0.39, 0.29) is 10.6 Å². The number of benzene rings is 1. The van der Waals surface area contributed by atoms with Gasteiger partial charge in [0.25, 0.3) is 5.69 Å². The van der Waals surface area contributed by atoms with E-state index in [9.17, 15) is 18.5 Å². The summed E-state index contributed by atoms with van der Waals surface area (Å²) in [6.07, 6.45) is 3.36. The molecule has 2 aliphatic heterocycles. The molecule has 4 rings (SSSR count). The van der Waals surface area contributed by atoms with Gasteiger partial charge in [-0.05, 0) is 25.2 Å². The Balaban J connectivity index is 1.54. The van der Waals surface area contributed by atoms with Gasteiger partial charge >= 0.3 is 0 Å². The number of piperazine rings is 2. The normalized spacial score (nSPS) is 18.9. The molecule has 12 heteroatoms. The van der Waals surface area contributed by atoms with Crippen LogP contribution in [-0.4, -0.2) is 91.9 Å². The Hall–Kier alpha value is -2.83. The highest BCUT2D eigenvalue weighted by molar-refractivity contribution is 7.89. The average Bonchev–Trinajstić information content (AvgIpc) is 2.79. The molecule has 2 aliphatic rings. The van der Waals surface area contributed by atoms with Gasteiger partial charge in [0, 0.05) is 70.8 Å². The summed E-state index contributed by atoms with van der Waals surface area (Å²) in [5.41, 5.74) is 0.232. The van der Waals surface area contributed by atoms with E-state index in [4.69, 9.17) is 0 Å². The number of nitro groups is 1. The first-order valence-electron chi connectivity index (χ1n) is 10.1. The molecule has 0 bridgehead atoms. The van der Waals surface area contributed by atoms with Crippen LogP contribution in [-0.2, 0) is 10.0 Å². The lowest BCUT2D eigenvalue weighted by atomic mass is 10.2. The molecule has 2 aromatic rings. The van der Waals surface area contributed by atoms with Crippen molar-refractivity contribution >= 4 is 27.3 Å². The summed E-state index contributed by atoms with van der Waals surface area (Å²) in [6, 6.07) is 5.97. The summed E-state index contributed by atoms with van der Waals surface area (Å²) in [6.45, 7) is 4.33. The molecule has 0 radical (unpaired) electrons. The van der Waals surface area contributed by atoms with Gasteiger partial charge < -0.3 is 14.7 Å². The summed E-state index contributed by atoms with van der Waals surface area (Å²) >= 11 is 0. The molecule has 11 nitrogen and oxygen atoms in total. The smallest absolute Gasteiger partial charge is 0.293 e. The summed E-state index contributed by atoms with van der Waals surface area (Å²) in [4.78, 5) is 25.7. The maximum Gasteiger partial charge on any atom is 0.293 e. The van der Waals surface area contributed by atoms with E-state index in [1.54, 1.807) is 24.5 Å². The fraction of sp³-hybridized carbons (Fsp3) is 0.474. The second-order valence-electron chi connectivity index (χ2n) is 7.64. The zero-order valence-corrected chi connectivity index (χ0v) is 18.1. The number of hydrogen-bond donors (Lipinski definition) is 0. The van der Waals surface area contributed by atoms with Gasteiger partial charge in [-0.1, -0.05) is 0 Å². The Morgan fingerprint density at radius 1 is 0.935 bits per heavy atom. The number of aromatic nitrogens is 2. The van der Waals surface area contributed by atoms with Crippen LogP contribution in [0.3, 0.4) is 0 Å². The lowest BCUT2D eigenvalue weighted by molar-refractivity contribution is -0.384. The molecule has 0 unspecified atom stereocenters. The maximum atomic E-state index is 13.0. The van der Waals surface area contributed by atoms with Crippen LogP contribution in [0, 0.1) is 10.1 Å². The predicted octanol–water partition coefficient (Wildman–Crippen LogP) is 0.648. The third-order valence-electron chi connectivity index (χ3n) is 5.70. The Morgan fingerprint density at radius 2 is 1.55 bits per heavy atom. The summed E-state index contributed by atoms with van der Waals surface area (Å²) in [5, 5.41) is 11.8. The molecule has 0 aliphatic carbocycles. The van der Waals surface area contributed by atoms with Crippen molar-refractivity contribution in [3.05, 3.63) is 46.8 Å². The highest BCUT2D eigenvalue weighted by atomic mass is 32.2. The standard InChI is InChI=1S/C19H25N7O4S/c1-22-7-13-25(14-8-22)31(29,30)16-3-4-17(18(15-16)26(27)28)23-9-11-24(12-10-23)19-20-5-2-6-21-19/h2-6,15H,7-14H2,1H3. The number of nitro benzene ring substituents is 1. The van der Waals surface area contributed by atoms with Gasteiger partial charge in [0.2, 0.25) is 16.0 Å². The molecule has 3 heterocycles. The molecule has 0 amide bonds. The van der Waals surface area contributed by atoms with Crippen molar-refractivity contribution in [1.29, 1.82) is 0 Å². The lowest BCUT2D eigenvalue weighted by Crippen LogP contribution is -2.47. The van der Waals surface area contributed by atoms with Gasteiger partial charge in [-0.15, -0.1) is 0 Å². The van der Waals surface area contributed by atoms with E-state index in [0.29, 0.717) is 64.0 Å². The molecule has 0 atom stereocenters. The third kappa shape index (κ3) is 4.45. The van der Waals surface area contributed by atoms with Crippen LogP contribution in [0.1, 0.15) is 0 Å². The van der Waals surface area contributed by atoms with E-state index < -0.39 is 14.9 Å². The van der Waals surface area contributed by atoms with Crippen LogP contribution in [0.4, 0.5) is 17.3 Å². The second kappa shape index (κ2) is 8.73. The largest absolute Gasteiger partial charge is 0.362 e. The zero-order valence-electron chi connectivity index (χ0n) is 17.3. The van der Waals surface area contributed by atoms with Crippen LogP contribution in [0.5, 0.6) is 0 Å². The van der Waals surface area contributed by atoms with Gasteiger partial charge in [0.15, 0.2) is 0 Å². The summed E-state index contributed by atoms with van der Waals surface area (Å²) in [5.74, 6) is 0.630. The number of likely N-dealkylation sites (N-methyl/N-ethyl adjacent to an activating group) is 1.